The van der Waals surface area contributed by atoms with Crippen molar-refractivity contribution >= 4 is 22.8 Å². The third kappa shape index (κ3) is 2.27. The van der Waals surface area contributed by atoms with Gasteiger partial charge < -0.3 is 10.0 Å². The molecule has 0 atom stereocenters. The minimum absolute atomic E-state index is 0.105. The van der Waals surface area contributed by atoms with Crippen molar-refractivity contribution in [3.8, 4) is 0 Å². The molecule has 0 radical (unpaired) electrons. The normalized spacial score (nSPS) is 12.1. The maximum Gasteiger partial charge on any atom is 0.491 e. The quantitative estimate of drug-likeness (QED) is 0.587. The fourth-order valence-corrected chi connectivity index (χ4v) is 1.96. The van der Waals surface area contributed by atoms with Gasteiger partial charge in [0.15, 0.2) is 0 Å². The van der Waals surface area contributed by atoms with Crippen molar-refractivity contribution in [1.29, 1.82) is 0 Å². The second-order valence-electron chi connectivity index (χ2n) is 3.42. The molecule has 9 heteroatoms. The topological polar surface area (TPSA) is 95.7 Å². The van der Waals surface area contributed by atoms with Gasteiger partial charge in [0.05, 0.1) is 5.69 Å². The van der Waals surface area contributed by atoms with Crippen molar-refractivity contribution in [2.45, 2.75) is 13.3 Å². The van der Waals surface area contributed by atoms with Gasteiger partial charge in [0.2, 0.25) is 0 Å². The summed E-state index contributed by atoms with van der Waals surface area (Å²) in [5.41, 5.74) is 0.452. The Morgan fingerprint density at radius 3 is 2.38 bits per heavy atom. The summed E-state index contributed by atoms with van der Waals surface area (Å²) in [5.74, 6) is 0. The van der Waals surface area contributed by atoms with E-state index in [1.54, 1.807) is 6.92 Å². The average molecular weight is 247 g/mol. The Bertz CT molecular complexity index is 468. The molecule has 1 aromatic heterocycles. The third-order valence-corrected chi connectivity index (χ3v) is 3.70. The standard InChI is InChI=1S/C7H14BN3O4S/c1-4-7-6(8(12)13)5-11(9-7)16(14,15)10(2)3/h5,12-13H,4H2,1-3H3. The summed E-state index contributed by atoms with van der Waals surface area (Å²) in [7, 11) is -2.68. The molecule has 0 aliphatic heterocycles. The highest BCUT2D eigenvalue weighted by atomic mass is 32.2. The summed E-state index contributed by atoms with van der Waals surface area (Å²) < 4.78 is 25.1. The van der Waals surface area contributed by atoms with Gasteiger partial charge in [-0.1, -0.05) is 6.92 Å². The van der Waals surface area contributed by atoms with Gasteiger partial charge in [-0.05, 0) is 6.42 Å². The summed E-state index contributed by atoms with van der Waals surface area (Å²) in [6.07, 6.45) is 1.53. The van der Waals surface area contributed by atoms with Gasteiger partial charge in [-0.15, -0.1) is 0 Å². The summed E-state index contributed by atoms with van der Waals surface area (Å²) in [6.45, 7) is 1.75. The minimum atomic E-state index is -3.71. The first-order valence-electron chi connectivity index (χ1n) is 4.68. The fraction of sp³-hybridized carbons (Fsp3) is 0.571. The lowest BCUT2D eigenvalue weighted by Gasteiger charge is -2.10. The number of aromatic nitrogens is 2. The Labute approximate surface area is 94.6 Å². The lowest BCUT2D eigenvalue weighted by molar-refractivity contribution is 0.425. The first-order valence-corrected chi connectivity index (χ1v) is 6.08. The Morgan fingerprint density at radius 1 is 1.50 bits per heavy atom. The van der Waals surface area contributed by atoms with E-state index in [2.05, 4.69) is 5.10 Å². The molecule has 0 saturated carbocycles. The molecule has 0 aliphatic rings. The number of hydrogen-bond acceptors (Lipinski definition) is 5. The van der Waals surface area contributed by atoms with Crippen LogP contribution in [0.25, 0.3) is 0 Å². The molecule has 0 fully saturated rings. The molecule has 7 nitrogen and oxygen atoms in total. The van der Waals surface area contributed by atoms with E-state index in [-0.39, 0.29) is 5.46 Å². The van der Waals surface area contributed by atoms with Crippen LogP contribution >= 0.6 is 0 Å². The van der Waals surface area contributed by atoms with Crippen LogP contribution < -0.4 is 5.46 Å². The highest BCUT2D eigenvalue weighted by molar-refractivity contribution is 7.87. The van der Waals surface area contributed by atoms with Crippen LogP contribution in [0.3, 0.4) is 0 Å². The zero-order chi connectivity index (χ0) is 12.5. The SMILES string of the molecule is CCc1nn(S(=O)(=O)N(C)C)cc1B(O)O. The van der Waals surface area contributed by atoms with Crippen molar-refractivity contribution in [3.05, 3.63) is 11.9 Å². The van der Waals surface area contributed by atoms with Gasteiger partial charge in [-0.3, -0.25) is 0 Å². The van der Waals surface area contributed by atoms with Gasteiger partial charge in [0.1, 0.15) is 0 Å². The first kappa shape index (κ1) is 13.2. The second-order valence-corrected chi connectivity index (χ2v) is 5.42. The van der Waals surface area contributed by atoms with Crippen LogP contribution in [0.1, 0.15) is 12.6 Å². The van der Waals surface area contributed by atoms with E-state index in [4.69, 9.17) is 10.0 Å². The highest BCUT2D eigenvalue weighted by Gasteiger charge is 2.24. The van der Waals surface area contributed by atoms with Gasteiger partial charge >= 0.3 is 17.3 Å². The molecule has 0 aliphatic carbocycles. The zero-order valence-corrected chi connectivity index (χ0v) is 10.1. The van der Waals surface area contributed by atoms with E-state index in [0.29, 0.717) is 12.1 Å². The van der Waals surface area contributed by atoms with Crippen molar-refractivity contribution in [2.75, 3.05) is 14.1 Å². The molecular weight excluding hydrogens is 233 g/mol. The summed E-state index contributed by atoms with van der Waals surface area (Å²) in [6, 6.07) is 0. The summed E-state index contributed by atoms with van der Waals surface area (Å²) >= 11 is 0. The second kappa shape index (κ2) is 4.54. The van der Waals surface area contributed by atoms with Gasteiger partial charge in [0, 0.05) is 25.8 Å². The van der Waals surface area contributed by atoms with E-state index >= 15 is 0 Å². The number of hydrogen-bond donors (Lipinski definition) is 2. The van der Waals surface area contributed by atoms with Crippen LogP contribution in [0.2, 0.25) is 0 Å². The third-order valence-electron chi connectivity index (χ3n) is 2.11. The van der Waals surface area contributed by atoms with Crippen molar-refractivity contribution in [2.24, 2.45) is 0 Å². The van der Waals surface area contributed by atoms with Crippen LogP contribution in [-0.2, 0) is 16.6 Å². The van der Waals surface area contributed by atoms with E-state index in [0.717, 1.165) is 14.6 Å². The smallest absolute Gasteiger partial charge is 0.423 e. The number of aryl methyl sites for hydroxylation is 1. The van der Waals surface area contributed by atoms with Gasteiger partial charge in [-0.2, -0.15) is 21.9 Å². The Hall–Kier alpha value is -0.895. The van der Waals surface area contributed by atoms with Crippen LogP contribution in [0.15, 0.2) is 6.20 Å². The summed E-state index contributed by atoms with van der Waals surface area (Å²) in [4.78, 5) is 0. The fourth-order valence-electron chi connectivity index (χ4n) is 1.18. The first-order chi connectivity index (χ1) is 7.30. The largest absolute Gasteiger partial charge is 0.491 e. The van der Waals surface area contributed by atoms with Crippen molar-refractivity contribution in [1.82, 2.24) is 13.5 Å². The van der Waals surface area contributed by atoms with Crippen LogP contribution in [-0.4, -0.2) is 53.2 Å². The highest BCUT2D eigenvalue weighted by Crippen LogP contribution is 2.02. The van der Waals surface area contributed by atoms with Crippen LogP contribution in [0.4, 0.5) is 0 Å². The van der Waals surface area contributed by atoms with Crippen molar-refractivity contribution < 1.29 is 18.5 Å². The Morgan fingerprint density at radius 2 is 2.06 bits per heavy atom. The minimum Gasteiger partial charge on any atom is -0.423 e. The molecule has 2 N–H and O–H groups in total. The monoisotopic (exact) mass is 247 g/mol. The van der Waals surface area contributed by atoms with E-state index < -0.39 is 17.3 Å². The average Bonchev–Trinajstić information content (AvgIpc) is 2.61. The predicted octanol–water partition coefficient (Wildman–Crippen LogP) is -2.22. The molecule has 0 amide bonds. The molecule has 1 rings (SSSR count). The number of nitrogens with zero attached hydrogens (tertiary/aromatic N) is 3. The van der Waals surface area contributed by atoms with Gasteiger partial charge in [-0.25, -0.2) is 0 Å². The molecule has 0 unspecified atom stereocenters. The molecule has 16 heavy (non-hydrogen) atoms. The van der Waals surface area contributed by atoms with Crippen LogP contribution in [0, 0.1) is 0 Å². The molecule has 0 spiro atoms. The lowest BCUT2D eigenvalue weighted by atomic mass is 9.80. The molecule has 0 bridgehead atoms. The van der Waals surface area contributed by atoms with Crippen molar-refractivity contribution in [3.63, 3.8) is 0 Å². The Kier molecular flexibility index (Phi) is 3.74. The summed E-state index contributed by atoms with van der Waals surface area (Å²) in [5, 5.41) is 21.9. The molecule has 0 aromatic carbocycles. The molecule has 1 aromatic rings. The van der Waals surface area contributed by atoms with E-state index in [1.165, 1.54) is 14.1 Å². The maximum absolute atomic E-state index is 11.7. The predicted molar refractivity (Wildman–Crippen MR) is 59.4 cm³/mol. The van der Waals surface area contributed by atoms with E-state index in [1.807, 2.05) is 0 Å². The zero-order valence-electron chi connectivity index (χ0n) is 9.32. The Balaban J connectivity index is 3.29. The lowest BCUT2D eigenvalue weighted by Crippen LogP contribution is -2.32. The molecule has 90 valence electrons. The molecular formula is C7H14BN3O4S. The van der Waals surface area contributed by atoms with Gasteiger partial charge in [0.25, 0.3) is 0 Å². The molecule has 1 heterocycles. The van der Waals surface area contributed by atoms with Crippen LogP contribution in [0.5, 0.6) is 0 Å². The van der Waals surface area contributed by atoms with E-state index in [9.17, 15) is 8.42 Å². The number of rotatable bonds is 4. The maximum atomic E-state index is 11.7. The molecule has 0 saturated heterocycles.